The number of halogens is 2. The van der Waals surface area contributed by atoms with Gasteiger partial charge in [0.25, 0.3) is 0 Å². The molecule has 0 fully saturated rings. The average molecular weight is 297 g/mol. The summed E-state index contributed by atoms with van der Waals surface area (Å²) in [6.45, 7) is 2.07. The van der Waals surface area contributed by atoms with Crippen LogP contribution in [0.3, 0.4) is 0 Å². The molecule has 0 bridgehead atoms. The molecule has 0 atom stereocenters. The van der Waals surface area contributed by atoms with E-state index in [4.69, 9.17) is 28.9 Å². The van der Waals surface area contributed by atoms with Crippen LogP contribution in [-0.2, 0) is 6.42 Å². The topological polar surface area (TPSA) is 63.8 Å². The first-order valence-electron chi connectivity index (χ1n) is 5.94. The van der Waals surface area contributed by atoms with Crippen LogP contribution in [-0.4, -0.2) is 9.97 Å². The predicted octanol–water partition coefficient (Wildman–Crippen LogP) is 4.06. The standard InChI is InChI=1S/C13H14Cl2N4/c1-2-3-12-18-11(16)7-13(19-12)17-10-5-4-8(14)6-9(10)15/h4-7H,2-3H2,1H3,(H3,16,17,18,19). The van der Waals surface area contributed by atoms with Crippen molar-refractivity contribution in [3.05, 3.63) is 40.1 Å². The minimum Gasteiger partial charge on any atom is -0.384 e. The van der Waals surface area contributed by atoms with Crippen LogP contribution in [0.1, 0.15) is 19.2 Å². The van der Waals surface area contributed by atoms with Crippen LogP contribution in [0.2, 0.25) is 10.0 Å². The summed E-state index contributed by atoms with van der Waals surface area (Å²) < 4.78 is 0. The second kappa shape index (κ2) is 6.08. The van der Waals surface area contributed by atoms with Gasteiger partial charge in [-0.3, -0.25) is 0 Å². The fraction of sp³-hybridized carbons (Fsp3) is 0.231. The lowest BCUT2D eigenvalue weighted by Gasteiger charge is -2.09. The number of aromatic nitrogens is 2. The number of aryl methyl sites for hydroxylation is 1. The Hall–Kier alpha value is -1.52. The van der Waals surface area contributed by atoms with Gasteiger partial charge in [-0.1, -0.05) is 30.1 Å². The van der Waals surface area contributed by atoms with Gasteiger partial charge in [0.15, 0.2) is 0 Å². The molecule has 0 amide bonds. The quantitative estimate of drug-likeness (QED) is 0.893. The predicted molar refractivity (Wildman–Crippen MR) is 80.2 cm³/mol. The Balaban J connectivity index is 2.27. The lowest BCUT2D eigenvalue weighted by molar-refractivity contribution is 0.839. The highest BCUT2D eigenvalue weighted by Gasteiger charge is 2.05. The van der Waals surface area contributed by atoms with Crippen molar-refractivity contribution in [2.45, 2.75) is 19.8 Å². The number of nitrogen functional groups attached to an aromatic ring is 1. The number of rotatable bonds is 4. The van der Waals surface area contributed by atoms with Gasteiger partial charge in [-0.2, -0.15) is 0 Å². The van der Waals surface area contributed by atoms with Crippen molar-refractivity contribution < 1.29 is 0 Å². The highest BCUT2D eigenvalue weighted by atomic mass is 35.5. The SMILES string of the molecule is CCCc1nc(N)cc(Nc2ccc(Cl)cc2Cl)n1. The first-order valence-corrected chi connectivity index (χ1v) is 6.69. The molecule has 3 N–H and O–H groups in total. The Morgan fingerprint density at radius 2 is 2.00 bits per heavy atom. The Bertz CT molecular complexity index is 587. The van der Waals surface area contributed by atoms with Crippen LogP contribution in [0.4, 0.5) is 17.3 Å². The van der Waals surface area contributed by atoms with Gasteiger partial charge in [-0.25, -0.2) is 9.97 Å². The van der Waals surface area contributed by atoms with E-state index < -0.39 is 0 Å². The number of benzene rings is 1. The van der Waals surface area contributed by atoms with Crippen LogP contribution in [0.25, 0.3) is 0 Å². The Morgan fingerprint density at radius 1 is 1.21 bits per heavy atom. The van der Waals surface area contributed by atoms with Gasteiger partial charge in [0.2, 0.25) is 0 Å². The minimum absolute atomic E-state index is 0.436. The number of nitrogens with one attached hydrogen (secondary N) is 1. The summed E-state index contributed by atoms with van der Waals surface area (Å²) >= 11 is 12.0. The molecule has 0 saturated heterocycles. The van der Waals surface area contributed by atoms with E-state index in [0.29, 0.717) is 21.7 Å². The highest BCUT2D eigenvalue weighted by Crippen LogP contribution is 2.28. The molecule has 2 aromatic rings. The molecule has 0 aliphatic rings. The maximum absolute atomic E-state index is 6.10. The maximum Gasteiger partial charge on any atom is 0.136 e. The van der Waals surface area contributed by atoms with E-state index in [0.717, 1.165) is 24.4 Å². The zero-order chi connectivity index (χ0) is 13.8. The van der Waals surface area contributed by atoms with Gasteiger partial charge < -0.3 is 11.1 Å². The van der Waals surface area contributed by atoms with Gasteiger partial charge in [0.1, 0.15) is 17.5 Å². The first-order chi connectivity index (χ1) is 9.08. The monoisotopic (exact) mass is 296 g/mol. The van der Waals surface area contributed by atoms with E-state index >= 15 is 0 Å². The average Bonchev–Trinajstić information content (AvgIpc) is 2.32. The van der Waals surface area contributed by atoms with Crippen molar-refractivity contribution >= 4 is 40.5 Å². The molecular weight excluding hydrogens is 283 g/mol. The Labute approximate surface area is 122 Å². The van der Waals surface area contributed by atoms with Crippen molar-refractivity contribution in [3.8, 4) is 0 Å². The third-order valence-corrected chi connectivity index (χ3v) is 3.01. The summed E-state index contributed by atoms with van der Waals surface area (Å²) in [6.07, 6.45) is 1.75. The summed E-state index contributed by atoms with van der Waals surface area (Å²) in [5.74, 6) is 1.78. The molecule has 1 heterocycles. The molecule has 0 unspecified atom stereocenters. The van der Waals surface area contributed by atoms with Crippen LogP contribution in [0, 0.1) is 0 Å². The molecule has 2 rings (SSSR count). The molecule has 0 aliphatic heterocycles. The maximum atomic E-state index is 6.10. The number of anilines is 3. The van der Waals surface area contributed by atoms with Gasteiger partial charge >= 0.3 is 0 Å². The second-order valence-corrected chi connectivity index (χ2v) is 4.94. The molecule has 0 saturated carbocycles. The lowest BCUT2D eigenvalue weighted by Crippen LogP contribution is -2.03. The normalized spacial score (nSPS) is 10.5. The zero-order valence-electron chi connectivity index (χ0n) is 10.5. The molecule has 0 spiro atoms. The molecule has 0 radical (unpaired) electrons. The molecule has 100 valence electrons. The molecule has 1 aromatic carbocycles. The second-order valence-electron chi connectivity index (χ2n) is 4.09. The van der Waals surface area contributed by atoms with Crippen LogP contribution < -0.4 is 11.1 Å². The molecule has 1 aromatic heterocycles. The third kappa shape index (κ3) is 3.72. The fourth-order valence-electron chi connectivity index (χ4n) is 1.65. The fourth-order valence-corrected chi connectivity index (χ4v) is 2.10. The number of hydrogen-bond donors (Lipinski definition) is 2. The van der Waals surface area contributed by atoms with Crippen molar-refractivity contribution in [3.63, 3.8) is 0 Å². The largest absolute Gasteiger partial charge is 0.384 e. The van der Waals surface area contributed by atoms with E-state index in [-0.39, 0.29) is 0 Å². The van der Waals surface area contributed by atoms with Crippen molar-refractivity contribution in [1.82, 2.24) is 9.97 Å². The van der Waals surface area contributed by atoms with Crippen molar-refractivity contribution in [2.24, 2.45) is 0 Å². The summed E-state index contributed by atoms with van der Waals surface area (Å²) in [5.41, 5.74) is 6.49. The minimum atomic E-state index is 0.436. The molecule has 4 nitrogen and oxygen atoms in total. The number of nitrogens with zero attached hydrogens (tertiary/aromatic N) is 2. The van der Waals surface area contributed by atoms with Crippen LogP contribution in [0.15, 0.2) is 24.3 Å². The zero-order valence-corrected chi connectivity index (χ0v) is 12.0. The van der Waals surface area contributed by atoms with Crippen LogP contribution >= 0.6 is 23.2 Å². The summed E-state index contributed by atoms with van der Waals surface area (Å²) in [5, 5.41) is 4.23. The van der Waals surface area contributed by atoms with Crippen molar-refractivity contribution in [1.29, 1.82) is 0 Å². The van der Waals surface area contributed by atoms with Gasteiger partial charge in [0, 0.05) is 17.5 Å². The van der Waals surface area contributed by atoms with E-state index in [1.165, 1.54) is 0 Å². The molecule has 6 heteroatoms. The number of nitrogens with two attached hydrogens (primary N) is 1. The van der Waals surface area contributed by atoms with E-state index in [1.807, 2.05) is 0 Å². The van der Waals surface area contributed by atoms with Gasteiger partial charge in [0.05, 0.1) is 10.7 Å². The summed E-state index contributed by atoms with van der Waals surface area (Å²) in [7, 11) is 0. The lowest BCUT2D eigenvalue weighted by atomic mass is 10.3. The van der Waals surface area contributed by atoms with Gasteiger partial charge in [-0.05, 0) is 24.6 Å². The highest BCUT2D eigenvalue weighted by molar-refractivity contribution is 6.36. The van der Waals surface area contributed by atoms with E-state index in [2.05, 4.69) is 22.2 Å². The number of hydrogen-bond acceptors (Lipinski definition) is 4. The van der Waals surface area contributed by atoms with E-state index in [9.17, 15) is 0 Å². The molecular formula is C13H14Cl2N4. The Kier molecular flexibility index (Phi) is 4.45. The first kappa shape index (κ1) is 13.9. The molecule has 19 heavy (non-hydrogen) atoms. The van der Waals surface area contributed by atoms with Crippen molar-refractivity contribution in [2.75, 3.05) is 11.1 Å². The Morgan fingerprint density at radius 3 is 2.68 bits per heavy atom. The van der Waals surface area contributed by atoms with E-state index in [1.54, 1.807) is 24.3 Å². The smallest absolute Gasteiger partial charge is 0.136 e. The summed E-state index contributed by atoms with van der Waals surface area (Å²) in [4.78, 5) is 8.56. The van der Waals surface area contributed by atoms with Gasteiger partial charge in [-0.15, -0.1) is 0 Å². The summed E-state index contributed by atoms with van der Waals surface area (Å²) in [6, 6.07) is 6.89. The molecule has 0 aliphatic carbocycles. The van der Waals surface area contributed by atoms with Crippen LogP contribution in [0.5, 0.6) is 0 Å². The third-order valence-electron chi connectivity index (χ3n) is 2.46.